The molecule has 1 aliphatic rings. The van der Waals surface area contributed by atoms with Crippen LogP contribution in [0.25, 0.3) is 16.7 Å². The molecule has 29 heavy (non-hydrogen) atoms. The van der Waals surface area contributed by atoms with Crippen LogP contribution in [0.4, 0.5) is 11.5 Å². The number of anilines is 2. The van der Waals surface area contributed by atoms with Crippen molar-refractivity contribution in [3.8, 4) is 0 Å². The van der Waals surface area contributed by atoms with Crippen molar-refractivity contribution in [1.29, 1.82) is 0 Å². The summed E-state index contributed by atoms with van der Waals surface area (Å²) in [7, 11) is 0. The van der Waals surface area contributed by atoms with Crippen molar-refractivity contribution in [3.05, 3.63) is 54.1 Å². The van der Waals surface area contributed by atoms with E-state index in [1.807, 2.05) is 31.2 Å². The fraction of sp³-hybridized carbons (Fsp3) is 0.250. The molecule has 1 fully saturated rings. The number of hydrogen-bond donors (Lipinski definition) is 1. The van der Waals surface area contributed by atoms with Crippen LogP contribution < -0.4 is 10.2 Å². The molecule has 1 saturated heterocycles. The van der Waals surface area contributed by atoms with Crippen molar-refractivity contribution in [2.45, 2.75) is 6.92 Å². The average Bonchev–Trinajstić information content (AvgIpc) is 3.20. The van der Waals surface area contributed by atoms with E-state index >= 15 is 0 Å². The lowest BCUT2D eigenvalue weighted by Crippen LogP contribution is -2.37. The van der Waals surface area contributed by atoms with Crippen LogP contribution in [0.15, 0.2) is 42.6 Å². The molecular weight excluding hydrogens is 370 g/mol. The average molecular weight is 389 g/mol. The second-order valence-corrected chi connectivity index (χ2v) is 6.83. The van der Waals surface area contributed by atoms with Crippen LogP contribution in [-0.4, -0.2) is 56.8 Å². The van der Waals surface area contributed by atoms with Crippen molar-refractivity contribution in [3.63, 3.8) is 0 Å². The van der Waals surface area contributed by atoms with Gasteiger partial charge < -0.3 is 15.0 Å². The number of benzene rings is 1. The van der Waals surface area contributed by atoms with Crippen LogP contribution in [0.5, 0.6) is 0 Å². The maximum absolute atomic E-state index is 12.8. The Morgan fingerprint density at radius 1 is 1.14 bits per heavy atom. The van der Waals surface area contributed by atoms with Crippen LogP contribution >= 0.6 is 0 Å². The van der Waals surface area contributed by atoms with Gasteiger partial charge in [-0.2, -0.15) is 4.98 Å². The van der Waals surface area contributed by atoms with Crippen LogP contribution in [0.3, 0.4) is 0 Å². The molecule has 4 aromatic rings. The number of nitrogens with one attached hydrogen (secondary N) is 1. The highest BCUT2D eigenvalue weighted by molar-refractivity contribution is 6.02. The van der Waals surface area contributed by atoms with Gasteiger partial charge >= 0.3 is 0 Å². The highest BCUT2D eigenvalue weighted by Crippen LogP contribution is 2.24. The van der Waals surface area contributed by atoms with Gasteiger partial charge in [-0.05, 0) is 31.2 Å². The summed E-state index contributed by atoms with van der Waals surface area (Å²) in [5.74, 6) is 0.418. The van der Waals surface area contributed by atoms with Gasteiger partial charge in [0.25, 0.3) is 5.91 Å². The summed E-state index contributed by atoms with van der Waals surface area (Å²) >= 11 is 0. The Balaban J connectivity index is 1.60. The van der Waals surface area contributed by atoms with Crippen molar-refractivity contribution < 1.29 is 9.53 Å². The lowest BCUT2D eigenvalue weighted by atomic mass is 10.3. The van der Waals surface area contributed by atoms with E-state index in [0.29, 0.717) is 43.5 Å². The molecule has 0 spiro atoms. The lowest BCUT2D eigenvalue weighted by Gasteiger charge is -2.27. The molecule has 0 radical (unpaired) electrons. The molecule has 1 aromatic carbocycles. The minimum atomic E-state index is -0.378. The number of ether oxygens (including phenoxy) is 1. The van der Waals surface area contributed by atoms with E-state index in [9.17, 15) is 4.79 Å². The maximum atomic E-state index is 12.8. The number of aryl methyl sites for hydroxylation is 1. The number of rotatable bonds is 3. The van der Waals surface area contributed by atoms with E-state index in [4.69, 9.17) is 9.72 Å². The number of nitrogens with zero attached hydrogens (tertiary/aromatic N) is 6. The molecule has 0 aliphatic carbocycles. The van der Waals surface area contributed by atoms with E-state index in [1.165, 1.54) is 0 Å². The van der Waals surface area contributed by atoms with Crippen molar-refractivity contribution in [2.24, 2.45) is 0 Å². The molecule has 0 bridgehead atoms. The molecule has 1 N–H and O–H groups in total. The SMILES string of the molecule is Cc1cc(NC(=O)c2nc3c(N4CCOCC4)nc4ccccc4n3n2)ccn1. The fourth-order valence-corrected chi connectivity index (χ4v) is 3.42. The van der Waals surface area contributed by atoms with Gasteiger partial charge in [0.1, 0.15) is 0 Å². The number of fused-ring (bicyclic) bond motifs is 3. The first-order valence-corrected chi connectivity index (χ1v) is 9.41. The third-order valence-corrected chi connectivity index (χ3v) is 4.81. The first-order valence-electron chi connectivity index (χ1n) is 9.41. The Labute approximate surface area is 166 Å². The molecule has 0 atom stereocenters. The molecule has 1 aliphatic heterocycles. The Morgan fingerprint density at radius 2 is 1.97 bits per heavy atom. The molecule has 4 heterocycles. The summed E-state index contributed by atoms with van der Waals surface area (Å²) in [5, 5.41) is 7.33. The maximum Gasteiger partial charge on any atom is 0.295 e. The molecule has 146 valence electrons. The van der Waals surface area contributed by atoms with Gasteiger partial charge in [0.05, 0.1) is 24.2 Å². The van der Waals surface area contributed by atoms with Crippen LogP contribution in [0, 0.1) is 6.92 Å². The van der Waals surface area contributed by atoms with E-state index in [0.717, 1.165) is 16.7 Å². The number of morpholine rings is 1. The van der Waals surface area contributed by atoms with Crippen molar-refractivity contribution in [1.82, 2.24) is 24.6 Å². The molecular formula is C20H19N7O2. The Bertz CT molecular complexity index is 1210. The van der Waals surface area contributed by atoms with E-state index in [-0.39, 0.29) is 11.7 Å². The van der Waals surface area contributed by atoms with Gasteiger partial charge in [0, 0.05) is 30.7 Å². The number of aromatic nitrogens is 5. The second-order valence-electron chi connectivity index (χ2n) is 6.83. The number of hydrogen-bond acceptors (Lipinski definition) is 7. The quantitative estimate of drug-likeness (QED) is 0.573. The summed E-state index contributed by atoms with van der Waals surface area (Å²) in [4.78, 5) is 28.4. The zero-order chi connectivity index (χ0) is 19.8. The standard InChI is InChI=1S/C20H19N7O2/c1-13-12-14(6-7-21-13)22-20(28)17-24-19-18(26-8-10-29-11-9-26)23-15-4-2-3-5-16(15)27(19)25-17/h2-7,12H,8-11H2,1H3,(H,21,22,28). The van der Waals surface area contributed by atoms with Crippen molar-refractivity contribution in [2.75, 3.05) is 36.5 Å². The number of carbonyl (C=O) groups is 1. The minimum Gasteiger partial charge on any atom is -0.378 e. The van der Waals surface area contributed by atoms with Gasteiger partial charge in [-0.25, -0.2) is 9.50 Å². The predicted molar refractivity (Wildman–Crippen MR) is 108 cm³/mol. The predicted octanol–water partition coefficient (Wildman–Crippen LogP) is 2.07. The Kier molecular flexibility index (Phi) is 4.28. The first-order chi connectivity index (χ1) is 14.2. The molecule has 0 saturated carbocycles. The Morgan fingerprint density at radius 3 is 2.79 bits per heavy atom. The summed E-state index contributed by atoms with van der Waals surface area (Å²) in [5.41, 5.74) is 3.61. The summed E-state index contributed by atoms with van der Waals surface area (Å²) in [6.45, 7) is 4.55. The molecule has 0 unspecified atom stereocenters. The highest BCUT2D eigenvalue weighted by atomic mass is 16.5. The van der Waals surface area contributed by atoms with Crippen LogP contribution in [0.1, 0.15) is 16.3 Å². The minimum absolute atomic E-state index is 0.0899. The second kappa shape index (κ2) is 7.10. The van der Waals surface area contributed by atoms with E-state index in [2.05, 4.69) is 25.3 Å². The zero-order valence-corrected chi connectivity index (χ0v) is 15.9. The Hall–Kier alpha value is -3.59. The topological polar surface area (TPSA) is 97.5 Å². The molecule has 9 heteroatoms. The molecule has 5 rings (SSSR count). The lowest BCUT2D eigenvalue weighted by molar-refractivity contribution is 0.101. The van der Waals surface area contributed by atoms with Crippen LogP contribution in [-0.2, 0) is 4.74 Å². The molecule has 9 nitrogen and oxygen atoms in total. The zero-order valence-electron chi connectivity index (χ0n) is 15.9. The van der Waals surface area contributed by atoms with E-state index < -0.39 is 0 Å². The van der Waals surface area contributed by atoms with Crippen LogP contribution in [0.2, 0.25) is 0 Å². The third kappa shape index (κ3) is 3.25. The number of carbonyl (C=O) groups excluding carboxylic acids is 1. The molecule has 3 aromatic heterocycles. The monoisotopic (exact) mass is 389 g/mol. The van der Waals surface area contributed by atoms with Gasteiger partial charge in [0.15, 0.2) is 11.5 Å². The number of amides is 1. The summed E-state index contributed by atoms with van der Waals surface area (Å²) in [6.07, 6.45) is 1.65. The van der Waals surface area contributed by atoms with Crippen molar-refractivity contribution >= 4 is 34.1 Å². The van der Waals surface area contributed by atoms with Gasteiger partial charge in [-0.15, -0.1) is 5.10 Å². The smallest absolute Gasteiger partial charge is 0.295 e. The van der Waals surface area contributed by atoms with Gasteiger partial charge in [-0.3, -0.25) is 9.78 Å². The van der Waals surface area contributed by atoms with Gasteiger partial charge in [-0.1, -0.05) is 12.1 Å². The first kappa shape index (κ1) is 17.5. The molecule has 1 amide bonds. The van der Waals surface area contributed by atoms with Gasteiger partial charge in [0.2, 0.25) is 5.82 Å². The largest absolute Gasteiger partial charge is 0.378 e. The fourth-order valence-electron chi connectivity index (χ4n) is 3.42. The highest BCUT2D eigenvalue weighted by Gasteiger charge is 2.22. The summed E-state index contributed by atoms with van der Waals surface area (Å²) < 4.78 is 7.15. The third-order valence-electron chi connectivity index (χ3n) is 4.81. The summed E-state index contributed by atoms with van der Waals surface area (Å²) in [6, 6.07) is 11.2. The van der Waals surface area contributed by atoms with E-state index in [1.54, 1.807) is 22.8 Å². The number of pyridine rings is 1. The number of para-hydroxylation sites is 2. The normalized spacial score (nSPS) is 14.4.